The Labute approximate surface area is 180 Å². The van der Waals surface area contributed by atoms with Gasteiger partial charge in [-0.15, -0.1) is 0 Å². The molecule has 152 valence electrons. The fourth-order valence-electron chi connectivity index (χ4n) is 3.80. The van der Waals surface area contributed by atoms with E-state index in [4.69, 9.17) is 11.6 Å². The molecule has 4 rings (SSSR count). The van der Waals surface area contributed by atoms with Gasteiger partial charge in [0.25, 0.3) is 0 Å². The zero-order valence-electron chi connectivity index (χ0n) is 16.4. The Bertz CT molecular complexity index is 1170. The molecule has 3 aromatic carbocycles. The lowest BCUT2D eigenvalue weighted by Gasteiger charge is -2.19. The monoisotopic (exact) mass is 418 g/mol. The van der Waals surface area contributed by atoms with E-state index in [0.717, 1.165) is 27.6 Å². The van der Waals surface area contributed by atoms with Gasteiger partial charge in [0, 0.05) is 41.0 Å². The normalized spacial score (nSPS) is 12.0. The smallest absolute Gasteiger partial charge is 0.220 e. The maximum Gasteiger partial charge on any atom is 0.220 e. The number of H-pyrrole nitrogens is 1. The predicted octanol–water partition coefficient (Wildman–Crippen LogP) is 5.41. The summed E-state index contributed by atoms with van der Waals surface area (Å²) in [4.78, 5) is 15.9. The Morgan fingerprint density at radius 2 is 1.70 bits per heavy atom. The summed E-state index contributed by atoms with van der Waals surface area (Å²) in [6.45, 7) is 0.436. The zero-order chi connectivity index (χ0) is 20.9. The number of para-hydroxylation sites is 2. The second-order valence-corrected chi connectivity index (χ2v) is 7.70. The van der Waals surface area contributed by atoms with Crippen molar-refractivity contribution in [3.05, 3.63) is 101 Å². The van der Waals surface area contributed by atoms with E-state index in [1.54, 1.807) is 12.1 Å². The Hall–Kier alpha value is -3.24. The molecule has 5 heteroatoms. The van der Waals surface area contributed by atoms with Gasteiger partial charge in [0.2, 0.25) is 5.91 Å². The number of aryl methyl sites for hydroxylation is 1. The van der Waals surface area contributed by atoms with Crippen LogP contribution in [-0.2, 0) is 11.2 Å². The topological polar surface area (TPSA) is 65.1 Å². The van der Waals surface area contributed by atoms with Crippen molar-refractivity contribution in [1.29, 1.82) is 0 Å². The van der Waals surface area contributed by atoms with Crippen molar-refractivity contribution in [2.75, 3.05) is 6.54 Å². The number of phenolic OH excluding ortho intramolecular Hbond substituents is 1. The highest BCUT2D eigenvalue weighted by molar-refractivity contribution is 6.31. The summed E-state index contributed by atoms with van der Waals surface area (Å²) in [7, 11) is 0. The SMILES string of the molecule is O=C(CCc1ccccc1O)NC[C@@H](c1ccccc1Cl)c1c[nH]c2ccccc12. The molecule has 0 fully saturated rings. The van der Waals surface area contributed by atoms with E-state index < -0.39 is 0 Å². The molecule has 0 radical (unpaired) electrons. The number of rotatable bonds is 7. The number of hydrogen-bond donors (Lipinski definition) is 3. The number of benzene rings is 3. The highest BCUT2D eigenvalue weighted by atomic mass is 35.5. The molecule has 0 unspecified atom stereocenters. The molecule has 0 spiro atoms. The molecule has 0 saturated heterocycles. The van der Waals surface area contributed by atoms with E-state index in [1.807, 2.05) is 60.8 Å². The summed E-state index contributed by atoms with van der Waals surface area (Å²) >= 11 is 6.51. The third-order valence-corrected chi connectivity index (χ3v) is 5.74. The van der Waals surface area contributed by atoms with Crippen LogP contribution in [0.4, 0.5) is 0 Å². The van der Waals surface area contributed by atoms with Crippen LogP contribution in [0.3, 0.4) is 0 Å². The van der Waals surface area contributed by atoms with E-state index >= 15 is 0 Å². The molecule has 0 bridgehead atoms. The van der Waals surface area contributed by atoms with Crippen LogP contribution in [0.15, 0.2) is 79.0 Å². The molecule has 0 saturated carbocycles. The third kappa shape index (κ3) is 4.34. The molecule has 0 aliphatic rings. The number of fused-ring (bicyclic) bond motifs is 1. The highest BCUT2D eigenvalue weighted by Gasteiger charge is 2.21. The van der Waals surface area contributed by atoms with Crippen molar-refractivity contribution in [3.8, 4) is 5.75 Å². The number of aromatic amines is 1. The predicted molar refractivity (Wildman–Crippen MR) is 121 cm³/mol. The van der Waals surface area contributed by atoms with Gasteiger partial charge in [-0.05, 0) is 41.3 Å². The van der Waals surface area contributed by atoms with Crippen LogP contribution in [0.1, 0.15) is 29.0 Å². The van der Waals surface area contributed by atoms with Crippen molar-refractivity contribution in [1.82, 2.24) is 10.3 Å². The van der Waals surface area contributed by atoms with Crippen molar-refractivity contribution in [3.63, 3.8) is 0 Å². The second-order valence-electron chi connectivity index (χ2n) is 7.30. The Balaban J connectivity index is 1.53. The first-order chi connectivity index (χ1) is 14.6. The van der Waals surface area contributed by atoms with Gasteiger partial charge < -0.3 is 15.4 Å². The lowest BCUT2D eigenvalue weighted by Crippen LogP contribution is -2.29. The van der Waals surface area contributed by atoms with Crippen LogP contribution < -0.4 is 5.32 Å². The van der Waals surface area contributed by atoms with Gasteiger partial charge in [-0.2, -0.15) is 0 Å². The first-order valence-corrected chi connectivity index (χ1v) is 10.4. The number of carbonyl (C=O) groups is 1. The van der Waals surface area contributed by atoms with E-state index in [2.05, 4.69) is 16.4 Å². The summed E-state index contributed by atoms with van der Waals surface area (Å²) in [5, 5.41) is 14.7. The molecular weight excluding hydrogens is 396 g/mol. The van der Waals surface area contributed by atoms with Crippen molar-refractivity contribution in [2.24, 2.45) is 0 Å². The highest BCUT2D eigenvalue weighted by Crippen LogP contribution is 2.34. The van der Waals surface area contributed by atoms with Gasteiger partial charge in [-0.25, -0.2) is 0 Å². The van der Waals surface area contributed by atoms with Crippen molar-refractivity contribution in [2.45, 2.75) is 18.8 Å². The summed E-state index contributed by atoms with van der Waals surface area (Å²) in [6.07, 6.45) is 2.79. The summed E-state index contributed by atoms with van der Waals surface area (Å²) in [5.74, 6) is 0.0807. The molecule has 1 amide bonds. The Kier molecular flexibility index (Phi) is 6.05. The average Bonchev–Trinajstić information content (AvgIpc) is 3.18. The number of amides is 1. The first kappa shape index (κ1) is 20.0. The van der Waals surface area contributed by atoms with E-state index in [1.165, 1.54) is 0 Å². The van der Waals surface area contributed by atoms with Gasteiger partial charge in [0.05, 0.1) is 0 Å². The van der Waals surface area contributed by atoms with E-state index in [-0.39, 0.29) is 17.6 Å². The van der Waals surface area contributed by atoms with Crippen LogP contribution >= 0.6 is 11.6 Å². The molecule has 30 heavy (non-hydrogen) atoms. The quantitative estimate of drug-likeness (QED) is 0.376. The van der Waals surface area contributed by atoms with Gasteiger partial charge in [0.15, 0.2) is 0 Å². The average molecular weight is 419 g/mol. The maximum absolute atomic E-state index is 12.5. The lowest BCUT2D eigenvalue weighted by molar-refractivity contribution is -0.121. The van der Waals surface area contributed by atoms with Crippen molar-refractivity contribution >= 4 is 28.4 Å². The number of aromatic hydroxyl groups is 1. The first-order valence-electron chi connectivity index (χ1n) is 9.97. The van der Waals surface area contributed by atoms with E-state index in [9.17, 15) is 9.90 Å². The van der Waals surface area contributed by atoms with Crippen LogP contribution in [-0.4, -0.2) is 22.5 Å². The summed E-state index contributed by atoms with van der Waals surface area (Å²) < 4.78 is 0. The molecule has 4 nitrogen and oxygen atoms in total. The van der Waals surface area contributed by atoms with Gasteiger partial charge in [0.1, 0.15) is 5.75 Å². The molecular formula is C25H23ClN2O2. The number of nitrogens with one attached hydrogen (secondary N) is 2. The number of phenols is 1. The number of carbonyl (C=O) groups excluding carboxylic acids is 1. The summed E-state index contributed by atoms with van der Waals surface area (Å²) in [6, 6.07) is 23.0. The fourth-order valence-corrected chi connectivity index (χ4v) is 4.07. The molecule has 1 aromatic heterocycles. The molecule has 4 aromatic rings. The largest absolute Gasteiger partial charge is 0.508 e. The minimum atomic E-state index is -0.0797. The standard InChI is InChI=1S/C25H23ClN2O2/c26-22-10-4-2-8-18(22)20(21-15-27-23-11-5-3-9-19(21)23)16-28-25(30)14-13-17-7-1-6-12-24(17)29/h1-12,15,20,27,29H,13-14,16H2,(H,28,30)/t20-/m0/s1. The molecule has 0 aliphatic heterocycles. The number of aromatic nitrogens is 1. The maximum atomic E-state index is 12.5. The lowest BCUT2D eigenvalue weighted by atomic mass is 9.90. The van der Waals surface area contributed by atoms with Crippen molar-refractivity contribution < 1.29 is 9.90 Å². The minimum Gasteiger partial charge on any atom is -0.508 e. The molecule has 0 aliphatic carbocycles. The zero-order valence-corrected chi connectivity index (χ0v) is 17.2. The van der Waals surface area contributed by atoms with Gasteiger partial charge >= 0.3 is 0 Å². The Morgan fingerprint density at radius 3 is 2.53 bits per heavy atom. The molecule has 3 N–H and O–H groups in total. The van der Waals surface area contributed by atoms with Crippen LogP contribution in [0.5, 0.6) is 5.75 Å². The van der Waals surface area contributed by atoms with Crippen LogP contribution in [0.2, 0.25) is 5.02 Å². The fraction of sp³-hybridized carbons (Fsp3) is 0.160. The third-order valence-electron chi connectivity index (χ3n) is 5.39. The van der Waals surface area contributed by atoms with Gasteiger partial charge in [-0.3, -0.25) is 4.79 Å². The summed E-state index contributed by atoms with van der Waals surface area (Å²) in [5.41, 5.74) is 3.90. The van der Waals surface area contributed by atoms with Gasteiger partial charge in [-0.1, -0.05) is 66.2 Å². The second kappa shape index (κ2) is 9.06. The van der Waals surface area contributed by atoms with E-state index in [0.29, 0.717) is 24.4 Å². The molecule has 1 heterocycles. The Morgan fingerprint density at radius 1 is 0.967 bits per heavy atom. The van der Waals surface area contributed by atoms with Crippen LogP contribution in [0, 0.1) is 0 Å². The van der Waals surface area contributed by atoms with Crippen LogP contribution in [0.25, 0.3) is 10.9 Å². The number of halogens is 1. The molecule has 1 atom stereocenters. The number of hydrogen-bond acceptors (Lipinski definition) is 2. The minimum absolute atomic E-state index is 0.0600.